The monoisotopic (exact) mass is 284 g/mol. The fraction of sp³-hybridized carbons (Fsp3) is 0.0667. The van der Waals surface area contributed by atoms with Gasteiger partial charge in [-0.05, 0) is 0 Å². The molecule has 0 spiro atoms. The fourth-order valence-corrected chi connectivity index (χ4v) is 3.43. The molecule has 0 unspecified atom stereocenters. The molecule has 0 saturated heterocycles. The first-order valence-electron chi connectivity index (χ1n) is 5.44. The molecule has 19 heavy (non-hydrogen) atoms. The summed E-state index contributed by atoms with van der Waals surface area (Å²) in [5.41, 5.74) is 1.33. The van der Waals surface area contributed by atoms with Crippen LogP contribution in [0.4, 0.5) is 0 Å². The third-order valence-corrected chi connectivity index (χ3v) is 4.79. The van der Waals surface area contributed by atoms with Crippen LogP contribution in [0, 0.1) is 0 Å². The van der Waals surface area contributed by atoms with E-state index in [-0.39, 0.29) is 16.7 Å². The zero-order valence-corrected chi connectivity index (χ0v) is 12.0. The number of hydrogen-bond donors (Lipinski definition) is 0. The number of carbonyl (C=O) groups excluding carboxylic acids is 2. The minimum atomic E-state index is -1.88. The summed E-state index contributed by atoms with van der Waals surface area (Å²) in [6.45, 7) is 0. The summed E-state index contributed by atoms with van der Waals surface area (Å²) in [5, 5.41) is 0. The fourth-order valence-electron chi connectivity index (χ4n) is 1.60. The third-order valence-electron chi connectivity index (χ3n) is 2.51. The Morgan fingerprint density at radius 3 is 1.32 bits per heavy atom. The Balaban J connectivity index is 0.00000162. The average molecular weight is 284 g/mol. The maximum absolute atomic E-state index is 11.9. The molecule has 0 fully saturated rings. The van der Waals surface area contributed by atoms with Crippen molar-refractivity contribution >= 4 is 37.6 Å². The van der Waals surface area contributed by atoms with Crippen molar-refractivity contribution in [1.82, 2.24) is 0 Å². The normalized spacial score (nSPS) is 8.42. The van der Waals surface area contributed by atoms with Crippen LogP contribution in [0.25, 0.3) is 0 Å². The van der Waals surface area contributed by atoms with E-state index in [2.05, 4.69) is 0 Å². The predicted molar refractivity (Wildman–Crippen MR) is 77.6 cm³/mol. The molecule has 0 saturated carbocycles. The number of hydrogen-bond acceptors (Lipinski definition) is 2. The van der Waals surface area contributed by atoms with Crippen LogP contribution in [-0.2, 0) is 0 Å². The van der Waals surface area contributed by atoms with Crippen molar-refractivity contribution in [2.24, 2.45) is 0 Å². The number of carbonyl (C=O) groups is 2. The molecule has 2 aromatic carbocycles. The second-order valence-corrected chi connectivity index (χ2v) is 6.31. The van der Waals surface area contributed by atoms with Gasteiger partial charge in [0.05, 0.1) is 0 Å². The van der Waals surface area contributed by atoms with Crippen molar-refractivity contribution in [2.75, 3.05) is 0 Å². The molecule has 2 rings (SSSR count). The number of benzene rings is 2. The molecule has 96 valence electrons. The van der Waals surface area contributed by atoms with Crippen molar-refractivity contribution in [1.29, 1.82) is 0 Å². The summed E-state index contributed by atoms with van der Waals surface area (Å²) in [4.78, 5) is 23.8. The van der Waals surface area contributed by atoms with Gasteiger partial charge in [0.2, 0.25) is 0 Å². The summed E-state index contributed by atoms with van der Waals surface area (Å²) in [6, 6.07) is 18.1. The molecule has 0 aliphatic heterocycles. The van der Waals surface area contributed by atoms with Gasteiger partial charge in [0, 0.05) is 0 Å². The van der Waals surface area contributed by atoms with E-state index < -0.39 is 33.8 Å². The molecule has 0 bridgehead atoms. The van der Waals surface area contributed by atoms with Gasteiger partial charge >= 0.3 is 119 Å². The second-order valence-electron chi connectivity index (χ2n) is 3.76. The first-order chi connectivity index (χ1) is 8.27. The SMILES string of the molecule is C.O.O=[C]([Ca][C](=O)c1ccccc1)c1ccccc1. The van der Waals surface area contributed by atoms with Gasteiger partial charge in [-0.15, -0.1) is 0 Å². The van der Waals surface area contributed by atoms with E-state index in [0.29, 0.717) is 11.1 Å². The Morgan fingerprint density at radius 2 is 1.00 bits per heavy atom. The minimum absolute atomic E-state index is 0. The van der Waals surface area contributed by atoms with Gasteiger partial charge in [-0.3, -0.25) is 0 Å². The van der Waals surface area contributed by atoms with Crippen LogP contribution in [-0.4, -0.2) is 43.1 Å². The van der Waals surface area contributed by atoms with Crippen LogP contribution in [0.5, 0.6) is 0 Å². The van der Waals surface area contributed by atoms with E-state index in [1.54, 1.807) is 24.3 Å². The third kappa shape index (κ3) is 5.25. The van der Waals surface area contributed by atoms with Gasteiger partial charge in [0.15, 0.2) is 0 Å². The van der Waals surface area contributed by atoms with E-state index in [4.69, 9.17) is 0 Å². The zero-order valence-electron chi connectivity index (χ0n) is 9.80. The van der Waals surface area contributed by atoms with Crippen LogP contribution in [0.1, 0.15) is 28.1 Å². The molecular formula is C15H16CaO3. The predicted octanol–water partition coefficient (Wildman–Crippen LogP) is 2.18. The molecule has 4 heteroatoms. The molecule has 0 radical (unpaired) electrons. The molecule has 0 amide bonds. The topological polar surface area (TPSA) is 65.6 Å². The molecule has 0 aliphatic carbocycles. The second kappa shape index (κ2) is 8.99. The molecule has 0 atom stereocenters. The summed E-state index contributed by atoms with van der Waals surface area (Å²) in [7, 11) is 0. The van der Waals surface area contributed by atoms with Gasteiger partial charge in [-0.2, -0.15) is 0 Å². The molecule has 0 heterocycles. The Labute approximate surface area is 131 Å². The van der Waals surface area contributed by atoms with Crippen LogP contribution in [0.15, 0.2) is 60.7 Å². The van der Waals surface area contributed by atoms with Crippen molar-refractivity contribution in [3.63, 3.8) is 0 Å². The van der Waals surface area contributed by atoms with Gasteiger partial charge in [-0.1, -0.05) is 7.43 Å². The van der Waals surface area contributed by atoms with Gasteiger partial charge in [0.25, 0.3) is 0 Å². The molecule has 2 aromatic rings. The Morgan fingerprint density at radius 1 is 0.684 bits per heavy atom. The van der Waals surface area contributed by atoms with E-state index in [0.717, 1.165) is 0 Å². The van der Waals surface area contributed by atoms with Gasteiger partial charge in [-0.25, -0.2) is 0 Å². The number of rotatable bonds is 4. The Bertz CT molecular complexity index is 474. The van der Waals surface area contributed by atoms with Crippen LogP contribution in [0.2, 0.25) is 0 Å². The van der Waals surface area contributed by atoms with Crippen molar-refractivity contribution in [3.05, 3.63) is 71.8 Å². The van der Waals surface area contributed by atoms with Crippen LogP contribution < -0.4 is 0 Å². The van der Waals surface area contributed by atoms with Gasteiger partial charge < -0.3 is 5.48 Å². The Kier molecular flexibility index (Phi) is 8.52. The summed E-state index contributed by atoms with van der Waals surface area (Å²) < 4.78 is 0.0962. The Hall–Kier alpha value is -1.00. The van der Waals surface area contributed by atoms with E-state index in [9.17, 15) is 9.59 Å². The standard InChI is InChI=1S/2C7H5O.CH4.Ca.H2O/c2*8-6-7-4-2-1-3-5-7;;;/h2*1-5H;1H4;;1H2. The van der Waals surface area contributed by atoms with E-state index in [1.807, 2.05) is 36.4 Å². The molecule has 0 aromatic heterocycles. The summed E-state index contributed by atoms with van der Waals surface area (Å²) in [5.74, 6) is 0. The van der Waals surface area contributed by atoms with E-state index >= 15 is 0 Å². The van der Waals surface area contributed by atoms with Crippen molar-refractivity contribution in [2.45, 2.75) is 7.43 Å². The molecule has 2 N–H and O–H groups in total. The first-order valence-corrected chi connectivity index (χ1v) is 7.65. The summed E-state index contributed by atoms with van der Waals surface area (Å²) >= 11 is -1.88. The maximum atomic E-state index is 11.9. The van der Waals surface area contributed by atoms with E-state index in [1.165, 1.54) is 0 Å². The molecular weight excluding hydrogens is 268 g/mol. The van der Waals surface area contributed by atoms with Crippen LogP contribution >= 0.6 is 0 Å². The summed E-state index contributed by atoms with van der Waals surface area (Å²) in [6.07, 6.45) is 0. The molecule has 0 aliphatic rings. The zero-order chi connectivity index (χ0) is 12.1. The van der Waals surface area contributed by atoms with Crippen LogP contribution in [0.3, 0.4) is 0 Å². The quantitative estimate of drug-likeness (QED) is 0.808. The van der Waals surface area contributed by atoms with Crippen molar-refractivity contribution < 1.29 is 15.1 Å². The van der Waals surface area contributed by atoms with Crippen molar-refractivity contribution in [3.8, 4) is 0 Å². The average Bonchev–Trinajstić information content (AvgIpc) is 2.40. The first kappa shape index (κ1) is 18.0. The van der Waals surface area contributed by atoms with Gasteiger partial charge in [0.1, 0.15) is 0 Å². The molecule has 3 nitrogen and oxygen atoms in total.